The van der Waals surface area contributed by atoms with Crippen LogP contribution in [0.1, 0.15) is 22.5 Å². The Morgan fingerprint density at radius 1 is 1.63 bits per heavy atom. The number of thiol groups is 1. The van der Waals surface area contributed by atoms with Crippen LogP contribution >= 0.6 is 24.0 Å². The van der Waals surface area contributed by atoms with Crippen LogP contribution in [0, 0.1) is 0 Å². The van der Waals surface area contributed by atoms with Crippen molar-refractivity contribution >= 4 is 29.9 Å². The summed E-state index contributed by atoms with van der Waals surface area (Å²) in [7, 11) is 0. The summed E-state index contributed by atoms with van der Waals surface area (Å²) in [5, 5.41) is 4.81. The third-order valence-corrected chi connectivity index (χ3v) is 5.12. The van der Waals surface area contributed by atoms with E-state index in [0.29, 0.717) is 17.5 Å². The van der Waals surface area contributed by atoms with Gasteiger partial charge in [0, 0.05) is 29.4 Å². The molecule has 1 aromatic rings. The van der Waals surface area contributed by atoms with Crippen molar-refractivity contribution in [2.75, 3.05) is 26.2 Å². The Labute approximate surface area is 122 Å². The van der Waals surface area contributed by atoms with Crippen molar-refractivity contribution < 1.29 is 9.53 Å². The molecule has 1 amide bonds. The minimum absolute atomic E-state index is 0.0301. The zero-order chi connectivity index (χ0) is 13.2. The standard InChI is InChI=1S/C13H18N2O2S2/c16-13(12-4-11(18)8-19-12)14-5-10-6-15-3-1-2-9(15)7-17-10/h4,8-10,18H,1-3,5-7H2,(H,14,16). The number of nitrogens with one attached hydrogen (secondary N) is 1. The smallest absolute Gasteiger partial charge is 0.261 e. The van der Waals surface area contributed by atoms with Crippen LogP contribution in [-0.4, -0.2) is 49.2 Å². The van der Waals surface area contributed by atoms with Gasteiger partial charge in [-0.3, -0.25) is 9.69 Å². The van der Waals surface area contributed by atoms with E-state index in [-0.39, 0.29) is 12.0 Å². The summed E-state index contributed by atoms with van der Waals surface area (Å²) in [6, 6.07) is 2.40. The van der Waals surface area contributed by atoms with Crippen LogP contribution in [-0.2, 0) is 4.74 Å². The molecule has 4 nitrogen and oxygen atoms in total. The number of ether oxygens (including phenoxy) is 1. The molecular weight excluding hydrogens is 280 g/mol. The molecule has 2 fully saturated rings. The highest BCUT2D eigenvalue weighted by molar-refractivity contribution is 7.80. The molecule has 19 heavy (non-hydrogen) atoms. The zero-order valence-electron chi connectivity index (χ0n) is 10.7. The van der Waals surface area contributed by atoms with Crippen LogP contribution in [0.5, 0.6) is 0 Å². The highest BCUT2D eigenvalue weighted by Crippen LogP contribution is 2.22. The SMILES string of the molecule is O=C(NCC1CN2CCCC2CO1)c1cc(S)cs1. The molecule has 2 aliphatic rings. The third kappa shape index (κ3) is 3.13. The lowest BCUT2D eigenvalue weighted by atomic mass is 10.2. The summed E-state index contributed by atoms with van der Waals surface area (Å²) in [6.07, 6.45) is 2.64. The van der Waals surface area contributed by atoms with E-state index in [4.69, 9.17) is 4.74 Å². The molecule has 0 aliphatic carbocycles. The second-order valence-corrected chi connectivity index (χ2v) is 6.55. The third-order valence-electron chi connectivity index (χ3n) is 3.76. The topological polar surface area (TPSA) is 41.6 Å². The molecule has 2 atom stereocenters. The molecule has 2 unspecified atom stereocenters. The molecule has 3 heterocycles. The Kier molecular flexibility index (Phi) is 4.12. The normalized spacial score (nSPS) is 27.2. The average molecular weight is 298 g/mol. The van der Waals surface area contributed by atoms with Crippen LogP contribution in [0.15, 0.2) is 16.3 Å². The summed E-state index contributed by atoms with van der Waals surface area (Å²) in [5.41, 5.74) is 0. The Morgan fingerprint density at radius 2 is 2.53 bits per heavy atom. The molecule has 0 bridgehead atoms. The Balaban J connectivity index is 1.48. The van der Waals surface area contributed by atoms with E-state index in [1.807, 2.05) is 5.38 Å². The molecule has 2 aliphatic heterocycles. The number of rotatable bonds is 3. The quantitative estimate of drug-likeness (QED) is 0.834. The van der Waals surface area contributed by atoms with Gasteiger partial charge < -0.3 is 10.1 Å². The summed E-state index contributed by atoms with van der Waals surface area (Å²) >= 11 is 5.63. The van der Waals surface area contributed by atoms with Gasteiger partial charge in [0.05, 0.1) is 17.6 Å². The van der Waals surface area contributed by atoms with Gasteiger partial charge in [-0.1, -0.05) is 0 Å². The average Bonchev–Trinajstić information content (AvgIpc) is 3.03. The minimum atomic E-state index is -0.0301. The number of morpholine rings is 1. The monoisotopic (exact) mass is 298 g/mol. The summed E-state index contributed by atoms with van der Waals surface area (Å²) in [5.74, 6) is -0.0301. The molecule has 3 rings (SSSR count). The van der Waals surface area contributed by atoms with Crippen LogP contribution in [0.4, 0.5) is 0 Å². The first-order valence-electron chi connectivity index (χ1n) is 6.64. The molecule has 0 aromatic carbocycles. The second kappa shape index (κ2) is 5.83. The van der Waals surface area contributed by atoms with E-state index < -0.39 is 0 Å². The number of hydrogen-bond acceptors (Lipinski definition) is 5. The van der Waals surface area contributed by atoms with E-state index in [0.717, 1.165) is 18.0 Å². The lowest BCUT2D eigenvalue weighted by Gasteiger charge is -2.35. The second-order valence-electron chi connectivity index (χ2n) is 5.13. The van der Waals surface area contributed by atoms with E-state index >= 15 is 0 Å². The fourth-order valence-electron chi connectivity index (χ4n) is 2.75. The van der Waals surface area contributed by atoms with E-state index in [9.17, 15) is 4.79 Å². The predicted molar refractivity (Wildman–Crippen MR) is 78.2 cm³/mol. The molecule has 0 radical (unpaired) electrons. The molecule has 2 saturated heterocycles. The first-order valence-corrected chi connectivity index (χ1v) is 7.96. The van der Waals surface area contributed by atoms with Crippen molar-refractivity contribution in [3.63, 3.8) is 0 Å². The largest absolute Gasteiger partial charge is 0.373 e. The van der Waals surface area contributed by atoms with E-state index in [1.54, 1.807) is 6.07 Å². The summed E-state index contributed by atoms with van der Waals surface area (Å²) < 4.78 is 5.82. The number of amides is 1. The molecular formula is C13H18N2O2S2. The van der Waals surface area contributed by atoms with Crippen molar-refractivity contribution in [1.29, 1.82) is 0 Å². The lowest BCUT2D eigenvalue weighted by molar-refractivity contribution is -0.0461. The Morgan fingerprint density at radius 3 is 3.32 bits per heavy atom. The molecule has 0 spiro atoms. The van der Waals surface area contributed by atoms with E-state index in [1.165, 1.54) is 30.7 Å². The van der Waals surface area contributed by atoms with Gasteiger partial charge in [0.15, 0.2) is 0 Å². The van der Waals surface area contributed by atoms with Gasteiger partial charge in [-0.25, -0.2) is 0 Å². The van der Waals surface area contributed by atoms with Gasteiger partial charge in [0.1, 0.15) is 0 Å². The zero-order valence-corrected chi connectivity index (χ0v) is 12.4. The highest BCUT2D eigenvalue weighted by Gasteiger charge is 2.32. The molecule has 104 valence electrons. The van der Waals surface area contributed by atoms with Crippen LogP contribution < -0.4 is 5.32 Å². The van der Waals surface area contributed by atoms with Crippen molar-refractivity contribution in [1.82, 2.24) is 10.2 Å². The molecule has 0 saturated carbocycles. The number of carbonyl (C=O) groups excluding carboxylic acids is 1. The number of carbonyl (C=O) groups is 1. The molecule has 1 aromatic heterocycles. The highest BCUT2D eigenvalue weighted by atomic mass is 32.1. The first-order chi connectivity index (χ1) is 9.22. The predicted octanol–water partition coefficient (Wildman–Crippen LogP) is 1.63. The fraction of sp³-hybridized carbons (Fsp3) is 0.615. The number of fused-ring (bicyclic) bond motifs is 1. The summed E-state index contributed by atoms with van der Waals surface area (Å²) in [6.45, 7) is 3.50. The number of nitrogens with zero attached hydrogens (tertiary/aromatic N) is 1. The van der Waals surface area contributed by atoms with Crippen molar-refractivity contribution in [3.05, 3.63) is 16.3 Å². The van der Waals surface area contributed by atoms with E-state index in [2.05, 4.69) is 22.8 Å². The summed E-state index contributed by atoms with van der Waals surface area (Å²) in [4.78, 5) is 16.0. The van der Waals surface area contributed by atoms with Crippen LogP contribution in [0.2, 0.25) is 0 Å². The number of hydrogen-bond donors (Lipinski definition) is 2. The van der Waals surface area contributed by atoms with Gasteiger partial charge in [0.2, 0.25) is 0 Å². The Hall–Kier alpha value is -0.560. The van der Waals surface area contributed by atoms with Gasteiger partial charge >= 0.3 is 0 Å². The Bertz CT molecular complexity index is 463. The first kappa shape index (κ1) is 13.4. The lowest BCUT2D eigenvalue weighted by Crippen LogP contribution is -2.50. The van der Waals surface area contributed by atoms with Gasteiger partial charge in [0.25, 0.3) is 5.91 Å². The fourth-order valence-corrected chi connectivity index (χ4v) is 3.81. The maximum absolute atomic E-state index is 11.9. The maximum Gasteiger partial charge on any atom is 0.261 e. The van der Waals surface area contributed by atoms with Crippen molar-refractivity contribution in [2.24, 2.45) is 0 Å². The maximum atomic E-state index is 11.9. The van der Waals surface area contributed by atoms with Gasteiger partial charge in [-0.15, -0.1) is 24.0 Å². The minimum Gasteiger partial charge on any atom is -0.373 e. The van der Waals surface area contributed by atoms with Crippen LogP contribution in [0.3, 0.4) is 0 Å². The van der Waals surface area contributed by atoms with Gasteiger partial charge in [-0.05, 0) is 25.5 Å². The molecule has 6 heteroatoms. The van der Waals surface area contributed by atoms with Crippen molar-refractivity contribution in [2.45, 2.75) is 29.9 Å². The van der Waals surface area contributed by atoms with Crippen LogP contribution in [0.25, 0.3) is 0 Å². The van der Waals surface area contributed by atoms with Gasteiger partial charge in [-0.2, -0.15) is 0 Å². The molecule has 1 N–H and O–H groups in total. The number of thiophene rings is 1. The van der Waals surface area contributed by atoms with Crippen molar-refractivity contribution in [3.8, 4) is 0 Å².